The van der Waals surface area contributed by atoms with Crippen LogP contribution in [0.3, 0.4) is 0 Å². The van der Waals surface area contributed by atoms with Crippen molar-refractivity contribution in [2.45, 2.75) is 64.2 Å². The van der Waals surface area contributed by atoms with Gasteiger partial charge in [0.2, 0.25) is 5.91 Å². The van der Waals surface area contributed by atoms with Crippen LogP contribution >= 0.6 is 12.6 Å². The second kappa shape index (κ2) is 6.53. The van der Waals surface area contributed by atoms with E-state index in [0.29, 0.717) is 12.0 Å². The Bertz CT molecular complexity index is 228. The van der Waals surface area contributed by atoms with Crippen LogP contribution in [0.1, 0.15) is 52.9 Å². The quantitative estimate of drug-likeness (QED) is 0.752. The lowest BCUT2D eigenvalue weighted by Crippen LogP contribution is -2.48. The van der Waals surface area contributed by atoms with E-state index >= 15 is 0 Å². The predicted molar refractivity (Wildman–Crippen MR) is 71.9 cm³/mol. The summed E-state index contributed by atoms with van der Waals surface area (Å²) >= 11 is 4.45. The fourth-order valence-corrected chi connectivity index (χ4v) is 2.53. The lowest BCUT2D eigenvalue weighted by molar-refractivity contribution is -0.135. The minimum Gasteiger partial charge on any atom is -0.339 e. The maximum atomic E-state index is 12.3. The Labute approximate surface area is 105 Å². The topological polar surface area (TPSA) is 20.3 Å². The molecule has 94 valence electrons. The molecule has 1 amide bonds. The molecule has 3 heteroatoms. The largest absolute Gasteiger partial charge is 0.339 e. The SMILES string of the molecule is CCCC1CCCCN1C(=O)C(S)C(C)C. The van der Waals surface area contributed by atoms with Crippen molar-refractivity contribution in [2.24, 2.45) is 5.92 Å². The van der Waals surface area contributed by atoms with Gasteiger partial charge in [0.05, 0.1) is 5.25 Å². The molecule has 1 saturated heterocycles. The summed E-state index contributed by atoms with van der Waals surface area (Å²) in [6.45, 7) is 7.26. The van der Waals surface area contributed by atoms with Gasteiger partial charge >= 0.3 is 0 Å². The molecule has 0 bridgehead atoms. The Morgan fingerprint density at radius 2 is 2.12 bits per heavy atom. The summed E-state index contributed by atoms with van der Waals surface area (Å²) in [4.78, 5) is 14.4. The average molecular weight is 243 g/mol. The Hall–Kier alpha value is -0.180. The molecule has 0 aliphatic carbocycles. The zero-order valence-corrected chi connectivity index (χ0v) is 11.7. The highest BCUT2D eigenvalue weighted by atomic mass is 32.1. The lowest BCUT2D eigenvalue weighted by Gasteiger charge is -2.37. The van der Waals surface area contributed by atoms with E-state index in [9.17, 15) is 4.79 Å². The highest BCUT2D eigenvalue weighted by molar-refractivity contribution is 7.81. The number of carbonyl (C=O) groups excluding carboxylic acids is 1. The highest BCUT2D eigenvalue weighted by Crippen LogP contribution is 2.24. The molecule has 0 radical (unpaired) electrons. The third kappa shape index (κ3) is 3.41. The fraction of sp³-hybridized carbons (Fsp3) is 0.923. The lowest BCUT2D eigenvalue weighted by atomic mass is 9.97. The van der Waals surface area contributed by atoms with Crippen molar-refractivity contribution in [1.82, 2.24) is 4.90 Å². The first kappa shape index (κ1) is 13.9. The summed E-state index contributed by atoms with van der Waals surface area (Å²) in [6, 6.07) is 0.472. The smallest absolute Gasteiger partial charge is 0.235 e. The van der Waals surface area contributed by atoms with E-state index in [1.165, 1.54) is 12.8 Å². The molecule has 1 rings (SSSR count). The Morgan fingerprint density at radius 1 is 1.44 bits per heavy atom. The first-order chi connectivity index (χ1) is 7.57. The van der Waals surface area contributed by atoms with Gasteiger partial charge in [-0.1, -0.05) is 27.2 Å². The summed E-state index contributed by atoms with van der Waals surface area (Å²) in [5, 5.41) is -0.127. The van der Waals surface area contributed by atoms with Gasteiger partial charge in [0.15, 0.2) is 0 Å². The molecule has 1 aliphatic rings. The standard InChI is InChI=1S/C13H25NOS/c1-4-7-11-8-5-6-9-14(11)13(15)12(16)10(2)3/h10-12,16H,4-9H2,1-3H3. The molecule has 0 spiro atoms. The van der Waals surface area contributed by atoms with Crippen molar-refractivity contribution in [1.29, 1.82) is 0 Å². The second-order valence-corrected chi connectivity index (χ2v) is 5.72. The molecule has 1 fully saturated rings. The first-order valence-electron chi connectivity index (χ1n) is 6.56. The van der Waals surface area contributed by atoms with Gasteiger partial charge in [-0.2, -0.15) is 12.6 Å². The van der Waals surface area contributed by atoms with E-state index in [1.807, 2.05) is 0 Å². The van der Waals surface area contributed by atoms with Gasteiger partial charge in [-0.3, -0.25) is 4.79 Å². The normalized spacial score (nSPS) is 23.6. The van der Waals surface area contributed by atoms with Crippen LogP contribution in [0, 0.1) is 5.92 Å². The number of rotatable bonds is 4. The number of carbonyl (C=O) groups is 1. The van der Waals surface area contributed by atoms with E-state index in [2.05, 4.69) is 38.3 Å². The van der Waals surface area contributed by atoms with E-state index in [4.69, 9.17) is 0 Å². The molecule has 1 aliphatic heterocycles. The maximum absolute atomic E-state index is 12.3. The van der Waals surface area contributed by atoms with E-state index < -0.39 is 0 Å². The van der Waals surface area contributed by atoms with Crippen molar-refractivity contribution in [3.8, 4) is 0 Å². The zero-order valence-electron chi connectivity index (χ0n) is 10.8. The van der Waals surface area contributed by atoms with Crippen LogP contribution in [0.25, 0.3) is 0 Å². The van der Waals surface area contributed by atoms with Crippen molar-refractivity contribution >= 4 is 18.5 Å². The van der Waals surface area contributed by atoms with Crippen molar-refractivity contribution in [3.05, 3.63) is 0 Å². The summed E-state index contributed by atoms with van der Waals surface area (Å²) in [6.07, 6.45) is 5.91. The number of likely N-dealkylation sites (tertiary alicyclic amines) is 1. The second-order valence-electron chi connectivity index (χ2n) is 5.16. The van der Waals surface area contributed by atoms with Crippen molar-refractivity contribution in [2.75, 3.05) is 6.54 Å². The molecule has 16 heavy (non-hydrogen) atoms. The summed E-state index contributed by atoms with van der Waals surface area (Å²) in [5.41, 5.74) is 0. The third-order valence-corrected chi connectivity index (χ3v) is 4.23. The molecule has 1 heterocycles. The van der Waals surface area contributed by atoms with Gasteiger partial charge in [-0.05, 0) is 31.6 Å². The molecule has 0 aromatic heterocycles. The Balaban J connectivity index is 2.63. The van der Waals surface area contributed by atoms with Crippen LogP contribution < -0.4 is 0 Å². The van der Waals surface area contributed by atoms with Crippen molar-refractivity contribution in [3.63, 3.8) is 0 Å². The summed E-state index contributed by atoms with van der Waals surface area (Å²) in [5.74, 6) is 0.566. The summed E-state index contributed by atoms with van der Waals surface area (Å²) in [7, 11) is 0. The monoisotopic (exact) mass is 243 g/mol. The number of nitrogens with zero attached hydrogens (tertiary/aromatic N) is 1. The van der Waals surface area contributed by atoms with Crippen LogP contribution in [-0.2, 0) is 4.79 Å². The molecule has 2 unspecified atom stereocenters. The number of hydrogen-bond donors (Lipinski definition) is 1. The van der Waals surface area contributed by atoms with Gasteiger partial charge < -0.3 is 4.90 Å². The van der Waals surface area contributed by atoms with Crippen LogP contribution in [0.5, 0.6) is 0 Å². The number of hydrogen-bond acceptors (Lipinski definition) is 2. The molecule has 0 aromatic carbocycles. The molecule has 0 N–H and O–H groups in total. The highest BCUT2D eigenvalue weighted by Gasteiger charge is 2.30. The number of amides is 1. The Morgan fingerprint density at radius 3 is 2.69 bits per heavy atom. The molecule has 0 aromatic rings. The third-order valence-electron chi connectivity index (χ3n) is 3.42. The number of thiol groups is 1. The first-order valence-corrected chi connectivity index (χ1v) is 7.08. The molecule has 2 atom stereocenters. The van der Waals surface area contributed by atoms with Crippen LogP contribution in [-0.4, -0.2) is 28.6 Å². The zero-order chi connectivity index (χ0) is 12.1. The minimum atomic E-state index is -0.127. The molecular formula is C13H25NOS. The Kier molecular flexibility index (Phi) is 5.67. The van der Waals surface area contributed by atoms with Gasteiger partial charge in [0.1, 0.15) is 0 Å². The molecular weight excluding hydrogens is 218 g/mol. The minimum absolute atomic E-state index is 0.127. The molecule has 2 nitrogen and oxygen atoms in total. The van der Waals surface area contributed by atoms with Crippen LogP contribution in [0.4, 0.5) is 0 Å². The fourth-order valence-electron chi connectivity index (χ4n) is 2.38. The predicted octanol–water partition coefficient (Wildman–Crippen LogP) is 3.12. The number of piperidine rings is 1. The van der Waals surface area contributed by atoms with Crippen LogP contribution in [0.15, 0.2) is 0 Å². The van der Waals surface area contributed by atoms with E-state index in [-0.39, 0.29) is 11.2 Å². The maximum Gasteiger partial charge on any atom is 0.235 e. The van der Waals surface area contributed by atoms with E-state index in [0.717, 1.165) is 25.8 Å². The summed E-state index contributed by atoms with van der Waals surface area (Å²) < 4.78 is 0. The van der Waals surface area contributed by atoms with Gasteiger partial charge in [0, 0.05) is 12.6 Å². The van der Waals surface area contributed by atoms with Crippen molar-refractivity contribution < 1.29 is 4.79 Å². The molecule has 0 saturated carbocycles. The van der Waals surface area contributed by atoms with Gasteiger partial charge in [0.25, 0.3) is 0 Å². The average Bonchev–Trinajstić information content (AvgIpc) is 2.28. The van der Waals surface area contributed by atoms with Crippen LogP contribution in [0.2, 0.25) is 0 Å². The van der Waals surface area contributed by atoms with Gasteiger partial charge in [-0.25, -0.2) is 0 Å². The van der Waals surface area contributed by atoms with Gasteiger partial charge in [-0.15, -0.1) is 0 Å². The van der Waals surface area contributed by atoms with E-state index in [1.54, 1.807) is 0 Å².